The zero-order chi connectivity index (χ0) is 15.2. The van der Waals surface area contributed by atoms with Gasteiger partial charge in [-0.2, -0.15) is 0 Å². The Balaban J connectivity index is 2.15. The zero-order valence-corrected chi connectivity index (χ0v) is 13.9. The maximum Gasteiger partial charge on any atom is 0.134 e. The minimum atomic E-state index is 0.354. The number of ether oxygens (including phenoxy) is 1. The number of rotatable bonds is 10. The number of para-hydroxylation sites is 1. The maximum atomic E-state index is 5.83. The first-order chi connectivity index (χ1) is 10.4. The van der Waals surface area contributed by atoms with E-state index in [0.29, 0.717) is 5.88 Å². The van der Waals surface area contributed by atoms with Crippen LogP contribution in [-0.4, -0.2) is 12.5 Å². The van der Waals surface area contributed by atoms with Crippen molar-refractivity contribution in [3.8, 4) is 17.6 Å². The smallest absolute Gasteiger partial charge is 0.134 e. The van der Waals surface area contributed by atoms with Crippen LogP contribution in [0.4, 0.5) is 0 Å². The number of alkyl halides is 1. The van der Waals surface area contributed by atoms with E-state index in [1.165, 1.54) is 44.9 Å². The first-order valence-electron chi connectivity index (χ1n) is 8.15. The molecule has 0 aliphatic rings. The summed E-state index contributed by atoms with van der Waals surface area (Å²) < 4.78 is 5.83. The van der Waals surface area contributed by atoms with E-state index in [-0.39, 0.29) is 0 Å². The van der Waals surface area contributed by atoms with Crippen molar-refractivity contribution < 1.29 is 4.74 Å². The molecular weight excluding hydrogens is 280 g/mol. The minimum absolute atomic E-state index is 0.354. The van der Waals surface area contributed by atoms with Crippen molar-refractivity contribution in [1.29, 1.82) is 0 Å². The molecule has 0 N–H and O–H groups in total. The van der Waals surface area contributed by atoms with Gasteiger partial charge < -0.3 is 4.74 Å². The molecule has 0 aromatic heterocycles. The average molecular weight is 307 g/mol. The van der Waals surface area contributed by atoms with E-state index in [0.717, 1.165) is 24.3 Å². The Morgan fingerprint density at radius 1 is 0.952 bits per heavy atom. The normalized spacial score (nSPS) is 10.0. The topological polar surface area (TPSA) is 9.23 Å². The van der Waals surface area contributed by atoms with E-state index in [2.05, 4.69) is 18.8 Å². The molecule has 1 nitrogen and oxygen atoms in total. The first-order valence-corrected chi connectivity index (χ1v) is 8.68. The summed E-state index contributed by atoms with van der Waals surface area (Å²) in [5, 5.41) is 0. The van der Waals surface area contributed by atoms with Gasteiger partial charge in [-0.15, -0.1) is 11.6 Å². The Labute approximate surface area is 135 Å². The van der Waals surface area contributed by atoms with Gasteiger partial charge in [-0.3, -0.25) is 0 Å². The van der Waals surface area contributed by atoms with Crippen LogP contribution in [0, 0.1) is 11.8 Å². The van der Waals surface area contributed by atoms with Gasteiger partial charge in [0.1, 0.15) is 5.75 Å². The molecule has 116 valence electrons. The van der Waals surface area contributed by atoms with Crippen LogP contribution in [0.1, 0.15) is 63.9 Å². The molecule has 1 aromatic rings. The van der Waals surface area contributed by atoms with Crippen LogP contribution in [0.25, 0.3) is 0 Å². The lowest BCUT2D eigenvalue weighted by atomic mass is 10.1. The number of hydrogen-bond acceptors (Lipinski definition) is 1. The fourth-order valence-corrected chi connectivity index (χ4v) is 2.31. The highest BCUT2D eigenvalue weighted by Gasteiger charge is 1.99. The van der Waals surface area contributed by atoms with Gasteiger partial charge in [0.25, 0.3) is 0 Å². The molecule has 1 aromatic carbocycles. The summed E-state index contributed by atoms with van der Waals surface area (Å²) in [5.41, 5.74) is 0.928. The molecule has 21 heavy (non-hydrogen) atoms. The predicted molar refractivity (Wildman–Crippen MR) is 92.1 cm³/mol. The van der Waals surface area contributed by atoms with Crippen molar-refractivity contribution >= 4 is 11.6 Å². The van der Waals surface area contributed by atoms with Gasteiger partial charge in [-0.1, -0.05) is 75.8 Å². The standard InChI is InChI=1S/C19H27ClO/c1-2-3-4-5-6-7-8-11-17-21-19-15-10-9-13-18(19)14-12-16-20/h9-10,13,15H,2-8,11,16-17H2,1H3. The van der Waals surface area contributed by atoms with E-state index >= 15 is 0 Å². The lowest BCUT2D eigenvalue weighted by molar-refractivity contribution is 0.303. The second-order valence-electron chi connectivity index (χ2n) is 5.25. The molecule has 0 bridgehead atoms. The SMILES string of the molecule is CCCCCCCCCCOc1ccccc1C#CCCl. The van der Waals surface area contributed by atoms with Crippen LogP contribution in [-0.2, 0) is 0 Å². The van der Waals surface area contributed by atoms with Crippen LogP contribution in [0.5, 0.6) is 5.75 Å². The van der Waals surface area contributed by atoms with Crippen molar-refractivity contribution in [1.82, 2.24) is 0 Å². The molecule has 0 atom stereocenters. The molecule has 0 aliphatic carbocycles. The molecule has 0 amide bonds. The zero-order valence-electron chi connectivity index (χ0n) is 13.2. The Kier molecular flexibility index (Phi) is 10.8. The van der Waals surface area contributed by atoms with E-state index in [9.17, 15) is 0 Å². The average Bonchev–Trinajstić information content (AvgIpc) is 2.52. The molecule has 0 heterocycles. The summed E-state index contributed by atoms with van der Waals surface area (Å²) in [6.07, 6.45) is 10.5. The molecule has 0 aliphatic heterocycles. The fraction of sp³-hybridized carbons (Fsp3) is 0.579. The Bertz CT molecular complexity index is 431. The van der Waals surface area contributed by atoms with E-state index < -0.39 is 0 Å². The van der Waals surface area contributed by atoms with Gasteiger partial charge in [0, 0.05) is 0 Å². The molecule has 1 rings (SSSR count). The highest BCUT2D eigenvalue weighted by molar-refractivity contribution is 6.19. The van der Waals surface area contributed by atoms with Crippen LogP contribution in [0.15, 0.2) is 24.3 Å². The summed E-state index contributed by atoms with van der Waals surface area (Å²) in [4.78, 5) is 0. The van der Waals surface area contributed by atoms with E-state index in [4.69, 9.17) is 16.3 Å². The Morgan fingerprint density at radius 3 is 2.33 bits per heavy atom. The third kappa shape index (κ3) is 8.68. The van der Waals surface area contributed by atoms with Gasteiger partial charge in [-0.05, 0) is 18.6 Å². The number of hydrogen-bond donors (Lipinski definition) is 0. The Morgan fingerprint density at radius 2 is 1.62 bits per heavy atom. The number of halogens is 1. The van der Waals surface area contributed by atoms with Gasteiger partial charge in [-0.25, -0.2) is 0 Å². The maximum absolute atomic E-state index is 5.83. The lowest BCUT2D eigenvalue weighted by Gasteiger charge is -2.08. The second-order valence-corrected chi connectivity index (χ2v) is 5.52. The summed E-state index contributed by atoms with van der Waals surface area (Å²) in [6, 6.07) is 7.90. The van der Waals surface area contributed by atoms with Crippen LogP contribution in [0.2, 0.25) is 0 Å². The molecule has 0 fully saturated rings. The first kappa shape index (κ1) is 17.9. The molecular formula is C19H27ClO. The minimum Gasteiger partial charge on any atom is -0.492 e. The number of benzene rings is 1. The predicted octanol–water partition coefficient (Wildman–Crippen LogP) is 5.80. The van der Waals surface area contributed by atoms with Gasteiger partial charge in [0.15, 0.2) is 0 Å². The largest absolute Gasteiger partial charge is 0.492 e. The van der Waals surface area contributed by atoms with Crippen molar-refractivity contribution in [2.75, 3.05) is 12.5 Å². The molecule has 0 saturated heterocycles. The third-order valence-electron chi connectivity index (χ3n) is 3.43. The van der Waals surface area contributed by atoms with Crippen molar-refractivity contribution in [3.63, 3.8) is 0 Å². The highest BCUT2D eigenvalue weighted by Crippen LogP contribution is 2.17. The molecule has 0 spiro atoms. The van der Waals surface area contributed by atoms with Crippen molar-refractivity contribution in [2.45, 2.75) is 58.3 Å². The van der Waals surface area contributed by atoms with Gasteiger partial charge >= 0.3 is 0 Å². The molecule has 0 unspecified atom stereocenters. The van der Waals surface area contributed by atoms with Crippen LogP contribution < -0.4 is 4.74 Å². The van der Waals surface area contributed by atoms with Crippen molar-refractivity contribution in [2.24, 2.45) is 0 Å². The van der Waals surface area contributed by atoms with Gasteiger partial charge in [0.05, 0.1) is 18.1 Å². The van der Waals surface area contributed by atoms with Crippen LogP contribution in [0.3, 0.4) is 0 Å². The lowest BCUT2D eigenvalue weighted by Crippen LogP contribution is -1.99. The third-order valence-corrected chi connectivity index (χ3v) is 3.57. The van der Waals surface area contributed by atoms with Gasteiger partial charge in [0.2, 0.25) is 0 Å². The van der Waals surface area contributed by atoms with E-state index in [1.807, 2.05) is 24.3 Å². The fourth-order valence-electron chi connectivity index (χ4n) is 2.24. The van der Waals surface area contributed by atoms with Crippen LogP contribution >= 0.6 is 11.6 Å². The number of unbranched alkanes of at least 4 members (excludes halogenated alkanes) is 7. The van der Waals surface area contributed by atoms with E-state index in [1.54, 1.807) is 0 Å². The molecule has 0 radical (unpaired) electrons. The summed E-state index contributed by atoms with van der Waals surface area (Å²) in [6.45, 7) is 3.03. The summed E-state index contributed by atoms with van der Waals surface area (Å²) in [5.74, 6) is 7.14. The summed E-state index contributed by atoms with van der Waals surface area (Å²) in [7, 11) is 0. The molecule has 2 heteroatoms. The Hall–Kier alpha value is -1.13. The monoisotopic (exact) mass is 306 g/mol. The van der Waals surface area contributed by atoms with Crippen molar-refractivity contribution in [3.05, 3.63) is 29.8 Å². The summed E-state index contributed by atoms with van der Waals surface area (Å²) >= 11 is 5.60. The molecule has 0 saturated carbocycles. The quantitative estimate of drug-likeness (QED) is 0.302. The highest BCUT2D eigenvalue weighted by atomic mass is 35.5. The second kappa shape index (κ2) is 12.6.